The summed E-state index contributed by atoms with van der Waals surface area (Å²) < 4.78 is 5.13. The molecule has 1 aliphatic rings. The molecular formula is C20H32N2O6. The third-order valence-electron chi connectivity index (χ3n) is 5.57. The summed E-state index contributed by atoms with van der Waals surface area (Å²) in [5.74, 6) is 0.162. The van der Waals surface area contributed by atoms with Crippen LogP contribution >= 0.6 is 0 Å². The van der Waals surface area contributed by atoms with Gasteiger partial charge in [0, 0.05) is 18.9 Å². The molecule has 28 heavy (non-hydrogen) atoms. The summed E-state index contributed by atoms with van der Waals surface area (Å²) in [5.41, 5.74) is 1.62. The Hall–Kier alpha value is -1.90. The van der Waals surface area contributed by atoms with E-state index in [1.54, 1.807) is 17.6 Å². The van der Waals surface area contributed by atoms with Gasteiger partial charge < -0.3 is 19.9 Å². The number of carbonyl (C=O) groups is 2. The number of rotatable bonds is 13. The van der Waals surface area contributed by atoms with E-state index in [1.165, 1.54) is 6.26 Å². The number of aliphatic hydroxyl groups excluding tert-OH is 2. The smallest absolute Gasteiger partial charge is 0.243 e. The van der Waals surface area contributed by atoms with Crippen LogP contribution in [0, 0.1) is 11.8 Å². The number of hydrogen-bond acceptors (Lipinski definition) is 7. The van der Waals surface area contributed by atoms with Crippen molar-refractivity contribution in [2.75, 3.05) is 11.9 Å². The van der Waals surface area contributed by atoms with Crippen molar-refractivity contribution in [3.05, 3.63) is 18.4 Å². The van der Waals surface area contributed by atoms with Gasteiger partial charge in [-0.3, -0.25) is 14.8 Å². The van der Waals surface area contributed by atoms with Crippen molar-refractivity contribution in [1.29, 1.82) is 0 Å². The van der Waals surface area contributed by atoms with Crippen LogP contribution in [0.1, 0.15) is 57.8 Å². The van der Waals surface area contributed by atoms with Gasteiger partial charge in [0.25, 0.3) is 0 Å². The molecule has 0 bridgehead atoms. The summed E-state index contributed by atoms with van der Waals surface area (Å²) in [7, 11) is 0. The van der Waals surface area contributed by atoms with Gasteiger partial charge in [-0.2, -0.15) is 0 Å². The van der Waals surface area contributed by atoms with E-state index in [1.807, 2.05) is 0 Å². The Morgan fingerprint density at radius 3 is 2.43 bits per heavy atom. The Labute approximate surface area is 165 Å². The Kier molecular flexibility index (Phi) is 9.46. The number of hydroxylamine groups is 1. The first-order valence-corrected chi connectivity index (χ1v) is 10.1. The number of carbonyl (C=O) groups excluding carboxylic acids is 2. The van der Waals surface area contributed by atoms with Crippen LogP contribution in [0.15, 0.2) is 22.8 Å². The van der Waals surface area contributed by atoms with E-state index in [0.29, 0.717) is 38.0 Å². The summed E-state index contributed by atoms with van der Waals surface area (Å²) in [4.78, 5) is 23.1. The predicted octanol–water partition coefficient (Wildman–Crippen LogP) is 2.24. The molecule has 8 heteroatoms. The van der Waals surface area contributed by atoms with Crippen LogP contribution in [0.25, 0.3) is 0 Å². The summed E-state index contributed by atoms with van der Waals surface area (Å²) in [6, 6.07) is 3.49. The van der Waals surface area contributed by atoms with E-state index in [2.05, 4.69) is 5.32 Å². The van der Waals surface area contributed by atoms with Crippen molar-refractivity contribution in [2.45, 2.75) is 70.0 Å². The maximum absolute atomic E-state index is 12.1. The standard InChI is InChI=1S/C20H32N2O6/c23-14(13-21-20-8-5-11-28-20)9-10-16-15(17(24)12-18(16)25)6-3-1-2-4-7-19(26)22-27/h5,8,11,15-18,21,24-25,27H,1-4,6-7,9-10,12-13H2,(H,22,26)/t15-,16-,17+,18-/m1/s1. The third-order valence-corrected chi connectivity index (χ3v) is 5.57. The predicted molar refractivity (Wildman–Crippen MR) is 103 cm³/mol. The highest BCUT2D eigenvalue weighted by Crippen LogP contribution is 2.39. The number of furan rings is 1. The molecule has 0 aliphatic heterocycles. The molecule has 1 amide bonds. The van der Waals surface area contributed by atoms with Gasteiger partial charge >= 0.3 is 0 Å². The second-order valence-electron chi connectivity index (χ2n) is 7.59. The fourth-order valence-electron chi connectivity index (χ4n) is 4.04. The molecular weight excluding hydrogens is 364 g/mol. The minimum absolute atomic E-state index is 0.00146. The van der Waals surface area contributed by atoms with Gasteiger partial charge in [-0.1, -0.05) is 19.3 Å². The normalized spacial score (nSPS) is 24.2. The number of nitrogens with one attached hydrogen (secondary N) is 2. The van der Waals surface area contributed by atoms with Crippen LogP contribution in [0.2, 0.25) is 0 Å². The van der Waals surface area contributed by atoms with Crippen molar-refractivity contribution in [1.82, 2.24) is 5.48 Å². The fourth-order valence-corrected chi connectivity index (χ4v) is 4.04. The molecule has 1 fully saturated rings. The Balaban J connectivity index is 1.67. The molecule has 8 nitrogen and oxygen atoms in total. The quantitative estimate of drug-likeness (QED) is 0.196. The van der Waals surface area contributed by atoms with Gasteiger partial charge in [0.1, 0.15) is 0 Å². The van der Waals surface area contributed by atoms with E-state index in [0.717, 1.165) is 25.7 Å². The van der Waals surface area contributed by atoms with Crippen molar-refractivity contribution < 1.29 is 29.4 Å². The molecule has 0 spiro atoms. The van der Waals surface area contributed by atoms with Crippen LogP contribution in [0.5, 0.6) is 0 Å². The minimum atomic E-state index is -0.570. The molecule has 1 aromatic rings. The number of aliphatic hydroxyl groups is 2. The van der Waals surface area contributed by atoms with Gasteiger partial charge in [-0.15, -0.1) is 0 Å². The Morgan fingerprint density at radius 2 is 1.75 bits per heavy atom. The minimum Gasteiger partial charge on any atom is -0.449 e. The molecule has 2 rings (SSSR count). The average molecular weight is 396 g/mol. The lowest BCUT2D eigenvalue weighted by molar-refractivity contribution is -0.129. The molecule has 158 valence electrons. The molecule has 1 heterocycles. The largest absolute Gasteiger partial charge is 0.449 e. The van der Waals surface area contributed by atoms with Crippen molar-refractivity contribution in [3.63, 3.8) is 0 Å². The fraction of sp³-hybridized carbons (Fsp3) is 0.700. The topological polar surface area (TPSA) is 132 Å². The van der Waals surface area contributed by atoms with Crippen molar-refractivity contribution >= 4 is 17.6 Å². The maximum Gasteiger partial charge on any atom is 0.243 e. The Bertz CT molecular complexity index is 592. The highest BCUT2D eigenvalue weighted by molar-refractivity contribution is 5.82. The number of anilines is 1. The summed E-state index contributed by atoms with van der Waals surface area (Å²) in [6.45, 7) is 0.185. The molecule has 0 radical (unpaired) electrons. The molecule has 0 saturated heterocycles. The van der Waals surface area contributed by atoms with Crippen LogP contribution in [-0.2, 0) is 9.59 Å². The number of ketones is 1. The van der Waals surface area contributed by atoms with E-state index in [9.17, 15) is 19.8 Å². The molecule has 1 saturated carbocycles. The summed E-state index contributed by atoms with van der Waals surface area (Å²) in [6.07, 6.45) is 6.24. The van der Waals surface area contributed by atoms with Gasteiger partial charge in [-0.25, -0.2) is 5.48 Å². The first kappa shape index (κ1) is 22.4. The maximum atomic E-state index is 12.1. The van der Waals surface area contributed by atoms with E-state index in [-0.39, 0.29) is 30.1 Å². The summed E-state index contributed by atoms with van der Waals surface area (Å²) in [5, 5.41) is 31.9. The molecule has 5 N–H and O–H groups in total. The third kappa shape index (κ3) is 7.26. The molecule has 1 aromatic heterocycles. The SMILES string of the molecule is O=C(CC[C@@H]1[C@@H](CCCCCCC(=O)NO)[C@@H](O)C[C@H]1O)CNc1ccco1. The van der Waals surface area contributed by atoms with Crippen LogP contribution < -0.4 is 10.8 Å². The molecule has 1 aliphatic carbocycles. The molecule has 4 atom stereocenters. The lowest BCUT2D eigenvalue weighted by atomic mass is 9.85. The monoisotopic (exact) mass is 396 g/mol. The zero-order valence-corrected chi connectivity index (χ0v) is 16.2. The highest BCUT2D eigenvalue weighted by Gasteiger charge is 2.40. The number of unbranched alkanes of at least 4 members (excludes halogenated alkanes) is 3. The van der Waals surface area contributed by atoms with Gasteiger partial charge in [0.05, 0.1) is 25.0 Å². The lowest BCUT2D eigenvalue weighted by Gasteiger charge is -2.23. The molecule has 0 aromatic carbocycles. The Morgan fingerprint density at radius 1 is 1.04 bits per heavy atom. The van der Waals surface area contributed by atoms with Gasteiger partial charge in [0.2, 0.25) is 5.91 Å². The molecule has 0 unspecified atom stereocenters. The lowest BCUT2D eigenvalue weighted by Crippen LogP contribution is -2.24. The first-order chi connectivity index (χ1) is 13.5. The van der Waals surface area contributed by atoms with Crippen LogP contribution in [0.4, 0.5) is 5.88 Å². The summed E-state index contributed by atoms with van der Waals surface area (Å²) >= 11 is 0. The number of hydrogen-bond donors (Lipinski definition) is 5. The van der Waals surface area contributed by atoms with Gasteiger partial charge in [0.15, 0.2) is 11.7 Å². The number of Topliss-reactive ketones (excluding diaryl/α,β-unsaturated/α-hetero) is 1. The van der Waals surface area contributed by atoms with Crippen LogP contribution in [0.3, 0.4) is 0 Å². The van der Waals surface area contributed by atoms with Gasteiger partial charge in [-0.05, 0) is 43.6 Å². The van der Waals surface area contributed by atoms with Crippen molar-refractivity contribution in [3.8, 4) is 0 Å². The van der Waals surface area contributed by atoms with Crippen LogP contribution in [-0.4, -0.2) is 45.9 Å². The first-order valence-electron chi connectivity index (χ1n) is 10.1. The van der Waals surface area contributed by atoms with E-state index < -0.39 is 12.2 Å². The second-order valence-corrected chi connectivity index (χ2v) is 7.59. The average Bonchev–Trinajstić information content (AvgIpc) is 3.29. The highest BCUT2D eigenvalue weighted by atomic mass is 16.5. The van der Waals surface area contributed by atoms with E-state index in [4.69, 9.17) is 9.62 Å². The number of amides is 1. The van der Waals surface area contributed by atoms with E-state index >= 15 is 0 Å². The van der Waals surface area contributed by atoms with Crippen molar-refractivity contribution in [2.24, 2.45) is 11.8 Å². The zero-order valence-electron chi connectivity index (χ0n) is 16.2. The second kappa shape index (κ2) is 11.8. The zero-order chi connectivity index (χ0) is 20.4.